The van der Waals surface area contributed by atoms with Gasteiger partial charge in [-0.3, -0.25) is 0 Å². The Kier molecular flexibility index (Phi) is 4.88. The van der Waals surface area contributed by atoms with Gasteiger partial charge >= 0.3 is 0 Å². The molecule has 0 amide bonds. The molecule has 7 nitrogen and oxygen atoms in total. The van der Waals surface area contributed by atoms with E-state index in [2.05, 4.69) is 19.9 Å². The second kappa shape index (κ2) is 7.45. The van der Waals surface area contributed by atoms with E-state index in [1.165, 1.54) is 0 Å². The second-order valence-electron chi connectivity index (χ2n) is 6.97. The van der Waals surface area contributed by atoms with Gasteiger partial charge in [-0.2, -0.15) is 0 Å². The predicted octanol–water partition coefficient (Wildman–Crippen LogP) is 2.33. The molecule has 2 fully saturated rings. The Hall–Kier alpha value is -2.41. The average molecular weight is 356 g/mol. The predicted molar refractivity (Wildman–Crippen MR) is 96.6 cm³/mol. The quantitative estimate of drug-likeness (QED) is 0.787. The molecule has 4 heterocycles. The number of nitrogens with zero attached hydrogens (tertiary/aromatic N) is 4. The highest BCUT2D eigenvalue weighted by atomic mass is 16.5. The first-order valence-electron chi connectivity index (χ1n) is 9.05. The smallest absolute Gasteiger partial charge is 0.218 e. The zero-order valence-electron chi connectivity index (χ0n) is 15.0. The van der Waals surface area contributed by atoms with Gasteiger partial charge in [0.25, 0.3) is 0 Å². The molecule has 0 bridgehead atoms. The fourth-order valence-electron chi connectivity index (χ4n) is 3.78. The molecule has 2 aromatic rings. The number of pyridine rings is 1. The molecule has 7 heteroatoms. The van der Waals surface area contributed by atoms with Crippen molar-refractivity contribution < 1.29 is 14.2 Å². The largest absolute Gasteiger partial charge is 0.481 e. The zero-order valence-corrected chi connectivity index (χ0v) is 15.0. The Morgan fingerprint density at radius 2 is 2.15 bits per heavy atom. The summed E-state index contributed by atoms with van der Waals surface area (Å²) in [7, 11) is 1.62. The van der Waals surface area contributed by atoms with Gasteiger partial charge in [-0.1, -0.05) is 6.07 Å². The lowest BCUT2D eigenvalue weighted by molar-refractivity contribution is -0.115. The number of ether oxygens (including phenoxy) is 3. The van der Waals surface area contributed by atoms with Gasteiger partial charge in [0.15, 0.2) is 0 Å². The minimum Gasteiger partial charge on any atom is -0.481 e. The zero-order chi connectivity index (χ0) is 17.8. The highest BCUT2D eigenvalue weighted by molar-refractivity contribution is 5.45. The molecule has 0 aromatic carbocycles. The van der Waals surface area contributed by atoms with Gasteiger partial charge in [0, 0.05) is 24.9 Å². The van der Waals surface area contributed by atoms with Crippen LogP contribution in [0.1, 0.15) is 19.3 Å². The molecule has 2 saturated heterocycles. The van der Waals surface area contributed by atoms with Crippen molar-refractivity contribution in [2.24, 2.45) is 5.92 Å². The number of anilines is 1. The normalized spacial score (nSPS) is 21.3. The van der Waals surface area contributed by atoms with E-state index >= 15 is 0 Å². The van der Waals surface area contributed by atoms with Crippen LogP contribution >= 0.6 is 0 Å². The number of hydrogen-bond donors (Lipinski definition) is 0. The molecule has 2 aromatic heterocycles. The maximum absolute atomic E-state index is 6.14. The van der Waals surface area contributed by atoms with Crippen molar-refractivity contribution in [2.75, 3.05) is 38.3 Å². The van der Waals surface area contributed by atoms with Gasteiger partial charge in [-0.05, 0) is 31.2 Å². The first-order valence-corrected chi connectivity index (χ1v) is 9.05. The third-order valence-corrected chi connectivity index (χ3v) is 5.13. The van der Waals surface area contributed by atoms with Crippen molar-refractivity contribution in [1.29, 1.82) is 0 Å². The monoisotopic (exact) mass is 356 g/mol. The van der Waals surface area contributed by atoms with Crippen molar-refractivity contribution >= 4 is 5.82 Å². The van der Waals surface area contributed by atoms with Gasteiger partial charge in [0.05, 0.1) is 26.8 Å². The summed E-state index contributed by atoms with van der Waals surface area (Å²) in [5.74, 6) is 2.80. The summed E-state index contributed by atoms with van der Waals surface area (Å²) in [4.78, 5) is 14.8. The topological polar surface area (TPSA) is 69.6 Å². The maximum Gasteiger partial charge on any atom is 0.218 e. The van der Waals surface area contributed by atoms with Crippen LogP contribution in [0.3, 0.4) is 0 Å². The third-order valence-electron chi connectivity index (χ3n) is 5.13. The van der Waals surface area contributed by atoms with Crippen LogP contribution in [0.4, 0.5) is 5.82 Å². The number of methoxy groups -OCH3 is 1. The molecule has 26 heavy (non-hydrogen) atoms. The van der Waals surface area contributed by atoms with Gasteiger partial charge in [0.2, 0.25) is 11.8 Å². The number of rotatable bonds is 6. The minimum atomic E-state index is -0.0495. The van der Waals surface area contributed by atoms with Crippen molar-refractivity contribution in [3.63, 3.8) is 0 Å². The lowest BCUT2D eigenvalue weighted by atomic mass is 9.79. The first kappa shape index (κ1) is 17.0. The molecular weight excluding hydrogens is 332 g/mol. The molecule has 0 N–H and O–H groups in total. The van der Waals surface area contributed by atoms with Gasteiger partial charge in [-0.25, -0.2) is 15.0 Å². The summed E-state index contributed by atoms with van der Waals surface area (Å²) in [6, 6.07) is 7.60. The SMILES string of the molecule is COc1cc(N2CC3(C[C@H](CCOc4ccccn4)CCO3)C2)ncn1. The molecule has 2 aliphatic heterocycles. The Labute approximate surface area is 153 Å². The number of aromatic nitrogens is 3. The first-order chi connectivity index (χ1) is 12.8. The molecule has 0 saturated carbocycles. The average Bonchev–Trinajstić information content (AvgIpc) is 2.67. The van der Waals surface area contributed by atoms with Crippen LogP contribution < -0.4 is 14.4 Å². The highest BCUT2D eigenvalue weighted by Crippen LogP contribution is 2.39. The van der Waals surface area contributed by atoms with Crippen LogP contribution in [0.25, 0.3) is 0 Å². The Morgan fingerprint density at radius 3 is 2.96 bits per heavy atom. The summed E-state index contributed by atoms with van der Waals surface area (Å²) < 4.78 is 17.1. The van der Waals surface area contributed by atoms with Gasteiger partial charge in [0.1, 0.15) is 17.7 Å². The Morgan fingerprint density at radius 1 is 1.23 bits per heavy atom. The van der Waals surface area contributed by atoms with Crippen molar-refractivity contribution in [1.82, 2.24) is 15.0 Å². The van der Waals surface area contributed by atoms with Crippen LogP contribution in [0, 0.1) is 5.92 Å². The molecule has 1 spiro atoms. The summed E-state index contributed by atoms with van der Waals surface area (Å²) >= 11 is 0. The second-order valence-corrected chi connectivity index (χ2v) is 6.97. The maximum atomic E-state index is 6.14. The molecule has 0 unspecified atom stereocenters. The summed E-state index contributed by atoms with van der Waals surface area (Å²) in [5.41, 5.74) is -0.0495. The molecule has 0 radical (unpaired) electrons. The van der Waals surface area contributed by atoms with Gasteiger partial charge < -0.3 is 19.1 Å². The standard InChI is InChI=1S/C19H24N4O3/c1-24-18-10-16(21-14-22-18)23-12-19(13-23)11-15(6-9-26-19)5-8-25-17-4-2-3-7-20-17/h2-4,7,10,14-15H,5-6,8-9,11-13H2,1H3/t15-/m1/s1. The Balaban J connectivity index is 1.27. The van der Waals surface area contributed by atoms with E-state index in [9.17, 15) is 0 Å². The fraction of sp³-hybridized carbons (Fsp3) is 0.526. The van der Waals surface area contributed by atoms with Crippen LogP contribution in [0.2, 0.25) is 0 Å². The number of hydrogen-bond acceptors (Lipinski definition) is 7. The summed E-state index contributed by atoms with van der Waals surface area (Å²) in [6.07, 6.45) is 6.48. The molecule has 1 atom stereocenters. The van der Waals surface area contributed by atoms with Crippen molar-refractivity contribution in [3.05, 3.63) is 36.8 Å². The van der Waals surface area contributed by atoms with Crippen LogP contribution in [0.5, 0.6) is 11.8 Å². The van der Waals surface area contributed by atoms with E-state index in [0.717, 1.165) is 44.8 Å². The van der Waals surface area contributed by atoms with Crippen LogP contribution in [0.15, 0.2) is 36.8 Å². The fourth-order valence-corrected chi connectivity index (χ4v) is 3.78. The molecular formula is C19H24N4O3. The van der Waals surface area contributed by atoms with E-state index in [1.807, 2.05) is 24.3 Å². The molecule has 0 aliphatic carbocycles. The van der Waals surface area contributed by atoms with Crippen LogP contribution in [-0.4, -0.2) is 54.0 Å². The van der Waals surface area contributed by atoms with E-state index in [4.69, 9.17) is 14.2 Å². The van der Waals surface area contributed by atoms with E-state index in [0.29, 0.717) is 24.3 Å². The molecule has 138 valence electrons. The van der Waals surface area contributed by atoms with Crippen LogP contribution in [-0.2, 0) is 4.74 Å². The lowest BCUT2D eigenvalue weighted by Crippen LogP contribution is -2.65. The minimum absolute atomic E-state index is 0.0495. The lowest BCUT2D eigenvalue weighted by Gasteiger charge is -2.53. The van der Waals surface area contributed by atoms with Gasteiger partial charge in [-0.15, -0.1) is 0 Å². The van der Waals surface area contributed by atoms with E-state index in [-0.39, 0.29) is 5.60 Å². The molecule has 4 rings (SSSR count). The molecule has 2 aliphatic rings. The highest BCUT2D eigenvalue weighted by Gasteiger charge is 2.48. The third kappa shape index (κ3) is 3.72. The van der Waals surface area contributed by atoms with Crippen molar-refractivity contribution in [3.8, 4) is 11.8 Å². The Bertz CT molecular complexity index is 722. The van der Waals surface area contributed by atoms with E-state index < -0.39 is 0 Å². The van der Waals surface area contributed by atoms with Crippen molar-refractivity contribution in [2.45, 2.75) is 24.9 Å². The summed E-state index contributed by atoms with van der Waals surface area (Å²) in [5, 5.41) is 0. The summed E-state index contributed by atoms with van der Waals surface area (Å²) in [6.45, 7) is 3.25. The van der Waals surface area contributed by atoms with E-state index in [1.54, 1.807) is 19.6 Å².